The minimum Gasteiger partial charge on any atom is -0.756 e. The van der Waals surface area contributed by atoms with Crippen LogP contribution >= 0.6 is 7.82 Å². The van der Waals surface area contributed by atoms with Crippen LogP contribution in [0.5, 0.6) is 0 Å². The predicted molar refractivity (Wildman–Crippen MR) is 356 cm³/mol. The van der Waals surface area contributed by atoms with Crippen molar-refractivity contribution in [2.75, 3.05) is 47.5 Å². The smallest absolute Gasteiger partial charge is 0.306 e. The molecular weight excluding hydrogens is 1050 g/mol. The highest BCUT2D eigenvalue weighted by Crippen LogP contribution is 2.38. The molecule has 9 nitrogen and oxygen atoms in total. The van der Waals surface area contributed by atoms with Crippen LogP contribution in [0.25, 0.3) is 0 Å². The van der Waals surface area contributed by atoms with Gasteiger partial charge in [0.1, 0.15) is 19.8 Å². The SMILES string of the molecule is CC/C=C\C/C=C\C/C=C\C/C=C\CCCCCCCCCCCCCCCCCCCCCCCCC(=O)OC(COC(=O)CCCCCCCCCCCCCCCCCCCCCCCCCC)COP(=O)([O-])OCC[N+](C)(C)C. The number of hydrogen-bond donors (Lipinski definition) is 0. The van der Waals surface area contributed by atoms with Crippen molar-refractivity contribution in [3.05, 3.63) is 48.6 Å². The molecule has 0 heterocycles. The zero-order valence-electron chi connectivity index (χ0n) is 55.7. The molecule has 488 valence electrons. The number of ether oxygens (including phenoxy) is 2. The van der Waals surface area contributed by atoms with Crippen LogP contribution in [-0.4, -0.2) is 70.0 Å². The molecule has 0 bridgehead atoms. The van der Waals surface area contributed by atoms with Crippen LogP contribution in [0.2, 0.25) is 0 Å². The molecule has 0 aromatic heterocycles. The molecule has 0 aromatic carbocycles. The Morgan fingerprint density at radius 2 is 0.687 bits per heavy atom. The summed E-state index contributed by atoms with van der Waals surface area (Å²) in [6.45, 7) is 4.20. The molecule has 0 radical (unpaired) electrons. The average Bonchev–Trinajstić information content (AvgIpc) is 3.49. The fourth-order valence-corrected chi connectivity index (χ4v) is 11.4. The van der Waals surface area contributed by atoms with E-state index >= 15 is 0 Å². The van der Waals surface area contributed by atoms with Crippen LogP contribution in [0.1, 0.15) is 354 Å². The van der Waals surface area contributed by atoms with Crippen LogP contribution in [0.4, 0.5) is 0 Å². The monoisotopic (exact) mass is 1190 g/mol. The molecule has 10 heteroatoms. The second kappa shape index (κ2) is 64.4. The molecule has 0 aliphatic carbocycles. The number of phosphoric acid groups is 1. The van der Waals surface area contributed by atoms with Crippen LogP contribution in [0, 0.1) is 0 Å². The van der Waals surface area contributed by atoms with Gasteiger partial charge in [-0.15, -0.1) is 0 Å². The summed E-state index contributed by atoms with van der Waals surface area (Å²) in [5.41, 5.74) is 0. The second-order valence-electron chi connectivity index (χ2n) is 25.6. The fourth-order valence-electron chi connectivity index (χ4n) is 10.7. The molecule has 0 amide bonds. The van der Waals surface area contributed by atoms with Gasteiger partial charge in [0.05, 0.1) is 27.7 Å². The standard InChI is InChI=1S/C73H138NO8P/c1-6-8-10-12-14-16-18-20-22-24-26-28-30-32-33-34-35-36-37-38-39-40-41-42-44-46-48-50-52-54-56-58-60-62-64-66-73(76)82-71(70-81-83(77,78)80-68-67-74(3,4)5)69-79-72(75)65-63-61-59-57-55-53-51-49-47-45-43-31-29-27-25-23-21-19-17-15-13-11-9-7-2/h8,10,14,16,20,22,26,28,71H,6-7,9,11-13,15,17-19,21,23-25,27,29-70H2,1-5H3/b10-8-,16-14-,22-20-,28-26-. The number of carbonyl (C=O) groups excluding carboxylic acids is 2. The number of quaternary nitrogens is 1. The summed E-state index contributed by atoms with van der Waals surface area (Å²) < 4.78 is 34.3. The Balaban J connectivity index is 3.96. The highest BCUT2D eigenvalue weighted by atomic mass is 31.2. The fraction of sp³-hybridized carbons (Fsp3) is 0.863. The Labute approximate surface area is 515 Å². The minimum atomic E-state index is -4.64. The van der Waals surface area contributed by atoms with E-state index in [2.05, 4.69) is 62.5 Å². The quantitative estimate of drug-likeness (QED) is 0.0195. The summed E-state index contributed by atoms with van der Waals surface area (Å²) in [6, 6.07) is 0. The Hall–Kier alpha value is -2.03. The molecule has 0 aliphatic heterocycles. The number of phosphoric ester groups is 1. The van der Waals surface area contributed by atoms with Crippen molar-refractivity contribution in [3.8, 4) is 0 Å². The molecule has 0 rings (SSSR count). The van der Waals surface area contributed by atoms with E-state index in [4.69, 9.17) is 18.5 Å². The summed E-state index contributed by atoms with van der Waals surface area (Å²) in [5.74, 6) is -0.810. The summed E-state index contributed by atoms with van der Waals surface area (Å²) in [5, 5.41) is 0. The van der Waals surface area contributed by atoms with Gasteiger partial charge in [-0.05, 0) is 51.4 Å². The Morgan fingerprint density at radius 1 is 0.386 bits per heavy atom. The molecule has 0 saturated heterocycles. The number of nitrogens with zero attached hydrogens (tertiary/aromatic N) is 1. The third kappa shape index (κ3) is 68.9. The first kappa shape index (κ1) is 81.0. The molecule has 0 saturated carbocycles. The van der Waals surface area contributed by atoms with Crippen molar-refractivity contribution in [2.45, 2.75) is 360 Å². The number of unbranched alkanes of at least 4 members (excludes halogenated alkanes) is 45. The third-order valence-corrected chi connectivity index (χ3v) is 17.1. The largest absolute Gasteiger partial charge is 0.756 e. The van der Waals surface area contributed by atoms with Crippen LogP contribution in [-0.2, 0) is 32.7 Å². The van der Waals surface area contributed by atoms with Crippen molar-refractivity contribution in [3.63, 3.8) is 0 Å². The van der Waals surface area contributed by atoms with Crippen molar-refractivity contribution >= 4 is 19.8 Å². The van der Waals surface area contributed by atoms with Gasteiger partial charge in [-0.2, -0.15) is 0 Å². The topological polar surface area (TPSA) is 111 Å². The second-order valence-corrected chi connectivity index (χ2v) is 27.0. The van der Waals surface area contributed by atoms with E-state index in [-0.39, 0.29) is 32.0 Å². The van der Waals surface area contributed by atoms with Gasteiger partial charge in [-0.25, -0.2) is 0 Å². The van der Waals surface area contributed by atoms with E-state index < -0.39 is 26.5 Å². The number of allylic oxidation sites excluding steroid dienone is 8. The first-order chi connectivity index (χ1) is 40.5. The summed E-state index contributed by atoms with van der Waals surface area (Å²) in [4.78, 5) is 38.1. The molecule has 2 atom stereocenters. The molecule has 0 aromatic rings. The van der Waals surface area contributed by atoms with Crippen molar-refractivity contribution < 1.29 is 42.1 Å². The maximum absolute atomic E-state index is 12.9. The highest BCUT2D eigenvalue weighted by Gasteiger charge is 2.22. The minimum absolute atomic E-state index is 0.0276. The summed E-state index contributed by atoms with van der Waals surface area (Å²) in [7, 11) is 1.19. The molecule has 2 unspecified atom stereocenters. The summed E-state index contributed by atoms with van der Waals surface area (Å²) in [6.07, 6.45) is 83.5. The van der Waals surface area contributed by atoms with Crippen LogP contribution in [0.3, 0.4) is 0 Å². The molecule has 0 aliphatic rings. The highest BCUT2D eigenvalue weighted by molar-refractivity contribution is 7.45. The lowest BCUT2D eigenvalue weighted by atomic mass is 10.0. The Kier molecular flexibility index (Phi) is 62.9. The molecule has 0 fully saturated rings. The van der Waals surface area contributed by atoms with Crippen LogP contribution in [0.15, 0.2) is 48.6 Å². The molecule has 0 spiro atoms. The van der Waals surface area contributed by atoms with Gasteiger partial charge in [0.2, 0.25) is 0 Å². The zero-order chi connectivity index (χ0) is 60.5. The van der Waals surface area contributed by atoms with Crippen molar-refractivity contribution in [1.82, 2.24) is 0 Å². The lowest BCUT2D eigenvalue weighted by Crippen LogP contribution is -2.37. The van der Waals surface area contributed by atoms with Gasteiger partial charge in [-0.1, -0.05) is 339 Å². The number of esters is 2. The van der Waals surface area contributed by atoms with Gasteiger partial charge >= 0.3 is 11.9 Å². The zero-order valence-corrected chi connectivity index (χ0v) is 56.6. The van der Waals surface area contributed by atoms with Gasteiger partial charge in [0, 0.05) is 12.8 Å². The summed E-state index contributed by atoms with van der Waals surface area (Å²) >= 11 is 0. The van der Waals surface area contributed by atoms with Gasteiger partial charge in [-0.3, -0.25) is 14.2 Å². The van der Waals surface area contributed by atoms with E-state index in [0.29, 0.717) is 17.4 Å². The van der Waals surface area contributed by atoms with Crippen molar-refractivity contribution in [1.29, 1.82) is 0 Å². The predicted octanol–water partition coefficient (Wildman–Crippen LogP) is 22.6. The van der Waals surface area contributed by atoms with Gasteiger partial charge in [0.25, 0.3) is 7.82 Å². The van der Waals surface area contributed by atoms with Crippen LogP contribution < -0.4 is 4.89 Å². The van der Waals surface area contributed by atoms with E-state index in [1.54, 1.807) is 0 Å². The van der Waals surface area contributed by atoms with E-state index in [0.717, 1.165) is 57.8 Å². The Morgan fingerprint density at radius 3 is 1.02 bits per heavy atom. The molecule has 0 N–H and O–H groups in total. The van der Waals surface area contributed by atoms with E-state index in [9.17, 15) is 19.0 Å². The molecular formula is C73H138NO8P. The van der Waals surface area contributed by atoms with E-state index in [1.807, 2.05) is 21.1 Å². The number of rotatable bonds is 67. The first-order valence-electron chi connectivity index (χ1n) is 35.8. The third-order valence-electron chi connectivity index (χ3n) is 16.1. The number of hydrogen-bond acceptors (Lipinski definition) is 8. The van der Waals surface area contributed by atoms with Crippen molar-refractivity contribution in [2.24, 2.45) is 0 Å². The maximum atomic E-state index is 12.9. The average molecular weight is 1190 g/mol. The number of likely N-dealkylation sites (N-methyl/N-ethyl adjacent to an activating group) is 1. The van der Waals surface area contributed by atoms with Gasteiger partial charge < -0.3 is 27.9 Å². The first-order valence-corrected chi connectivity index (χ1v) is 37.3. The van der Waals surface area contributed by atoms with E-state index in [1.165, 1.54) is 263 Å². The van der Waals surface area contributed by atoms with Gasteiger partial charge in [0.15, 0.2) is 6.10 Å². The Bertz CT molecular complexity index is 1540. The number of carbonyl (C=O) groups is 2. The lowest BCUT2D eigenvalue weighted by Gasteiger charge is -2.28. The maximum Gasteiger partial charge on any atom is 0.306 e. The normalized spacial score (nSPS) is 13.4. The lowest BCUT2D eigenvalue weighted by molar-refractivity contribution is -0.870. The molecule has 83 heavy (non-hydrogen) atoms.